The molecule has 116 valence electrons. The minimum absolute atomic E-state index is 0.242. The molecule has 5 N–H and O–H groups in total. The van der Waals surface area contributed by atoms with Gasteiger partial charge in [0, 0.05) is 18.8 Å². The van der Waals surface area contributed by atoms with Crippen LogP contribution in [0.5, 0.6) is 0 Å². The van der Waals surface area contributed by atoms with E-state index >= 15 is 0 Å². The number of halogens is 1. The van der Waals surface area contributed by atoms with Gasteiger partial charge in [-0.2, -0.15) is 0 Å². The van der Waals surface area contributed by atoms with Gasteiger partial charge in [0.1, 0.15) is 5.82 Å². The predicted octanol–water partition coefficient (Wildman–Crippen LogP) is 2.04. The van der Waals surface area contributed by atoms with E-state index in [9.17, 15) is 9.18 Å². The first-order valence-electron chi connectivity index (χ1n) is 7.15. The zero-order valence-electron chi connectivity index (χ0n) is 12.3. The van der Waals surface area contributed by atoms with Crippen molar-refractivity contribution in [3.63, 3.8) is 0 Å². The van der Waals surface area contributed by atoms with Gasteiger partial charge < -0.3 is 16.8 Å². The Morgan fingerprint density at radius 1 is 1.14 bits per heavy atom. The third kappa shape index (κ3) is 4.56. The van der Waals surface area contributed by atoms with Gasteiger partial charge in [-0.15, -0.1) is 0 Å². The van der Waals surface area contributed by atoms with Gasteiger partial charge in [0.25, 0.3) is 0 Å². The first kappa shape index (κ1) is 16.0. The monoisotopic (exact) mass is 301 g/mol. The third-order valence-corrected chi connectivity index (χ3v) is 3.51. The van der Waals surface area contributed by atoms with Crippen molar-refractivity contribution in [2.24, 2.45) is 17.4 Å². The molecule has 0 fully saturated rings. The van der Waals surface area contributed by atoms with Crippen molar-refractivity contribution in [3.8, 4) is 0 Å². The quantitative estimate of drug-likeness (QED) is 0.732. The van der Waals surface area contributed by atoms with Crippen molar-refractivity contribution in [3.05, 3.63) is 65.5 Å². The van der Waals surface area contributed by atoms with Gasteiger partial charge in [0.2, 0.25) is 5.91 Å². The molecule has 1 amide bonds. The summed E-state index contributed by atoms with van der Waals surface area (Å²) in [4.78, 5) is 11.2. The Morgan fingerprint density at radius 3 is 2.45 bits per heavy atom. The van der Waals surface area contributed by atoms with Gasteiger partial charge in [-0.3, -0.25) is 4.79 Å². The van der Waals surface area contributed by atoms with Crippen molar-refractivity contribution in [1.82, 2.24) is 0 Å². The fourth-order valence-corrected chi connectivity index (χ4v) is 2.19. The number of primary amides is 1. The second-order valence-electron chi connectivity index (χ2n) is 5.22. The lowest BCUT2D eigenvalue weighted by molar-refractivity contribution is -0.121. The summed E-state index contributed by atoms with van der Waals surface area (Å²) in [6.07, 6.45) is 0.538. The van der Waals surface area contributed by atoms with E-state index in [0.29, 0.717) is 13.0 Å². The number of hydrogen-bond donors (Lipinski definition) is 3. The maximum Gasteiger partial charge on any atom is 0.222 e. The SMILES string of the molecule is NCC(Cc1ccc(NCc2cccc(F)c2)cc1)C(N)=O. The van der Waals surface area contributed by atoms with Gasteiger partial charge in [0.05, 0.1) is 5.92 Å². The number of carbonyl (C=O) groups excluding carboxylic acids is 1. The molecule has 1 atom stereocenters. The highest BCUT2D eigenvalue weighted by Crippen LogP contribution is 2.14. The number of anilines is 1. The number of amides is 1. The summed E-state index contributed by atoms with van der Waals surface area (Å²) in [5, 5.41) is 3.22. The summed E-state index contributed by atoms with van der Waals surface area (Å²) in [5.74, 6) is -0.962. The molecule has 0 bridgehead atoms. The lowest BCUT2D eigenvalue weighted by Gasteiger charge is -2.12. The number of carbonyl (C=O) groups is 1. The van der Waals surface area contributed by atoms with Gasteiger partial charge >= 0.3 is 0 Å². The fourth-order valence-electron chi connectivity index (χ4n) is 2.19. The standard InChI is InChI=1S/C17H20FN3O/c18-15-3-1-2-13(9-15)11-21-16-6-4-12(5-7-16)8-14(10-19)17(20)22/h1-7,9,14,21H,8,10-11,19H2,(H2,20,22). The fraction of sp³-hybridized carbons (Fsp3) is 0.235. The summed E-state index contributed by atoms with van der Waals surface area (Å²) in [6.45, 7) is 0.790. The van der Waals surface area contributed by atoms with Crippen LogP contribution in [-0.4, -0.2) is 12.5 Å². The Balaban J connectivity index is 1.93. The maximum absolute atomic E-state index is 13.1. The van der Waals surface area contributed by atoms with Gasteiger partial charge in [-0.25, -0.2) is 4.39 Å². The zero-order chi connectivity index (χ0) is 15.9. The van der Waals surface area contributed by atoms with Crippen molar-refractivity contribution < 1.29 is 9.18 Å². The van der Waals surface area contributed by atoms with E-state index in [0.717, 1.165) is 16.8 Å². The first-order valence-corrected chi connectivity index (χ1v) is 7.15. The smallest absolute Gasteiger partial charge is 0.222 e. The van der Waals surface area contributed by atoms with E-state index in [1.165, 1.54) is 12.1 Å². The van der Waals surface area contributed by atoms with Crippen molar-refractivity contribution in [1.29, 1.82) is 0 Å². The van der Waals surface area contributed by atoms with E-state index in [2.05, 4.69) is 5.32 Å². The molecule has 2 rings (SSSR count). The van der Waals surface area contributed by atoms with Gasteiger partial charge in [-0.05, 0) is 41.8 Å². The number of rotatable bonds is 7. The molecule has 0 heterocycles. The molecule has 0 aliphatic rings. The summed E-state index contributed by atoms with van der Waals surface area (Å²) in [6, 6.07) is 14.2. The Morgan fingerprint density at radius 2 is 1.86 bits per heavy atom. The van der Waals surface area contributed by atoms with E-state index in [-0.39, 0.29) is 24.2 Å². The minimum Gasteiger partial charge on any atom is -0.381 e. The molecular formula is C17H20FN3O. The summed E-state index contributed by atoms with van der Waals surface area (Å²) < 4.78 is 13.1. The Hall–Kier alpha value is -2.40. The van der Waals surface area contributed by atoms with E-state index < -0.39 is 0 Å². The lowest BCUT2D eigenvalue weighted by Crippen LogP contribution is -2.31. The molecule has 0 aliphatic heterocycles. The van der Waals surface area contributed by atoms with Crippen LogP contribution in [0.3, 0.4) is 0 Å². The Labute approximate surface area is 129 Å². The van der Waals surface area contributed by atoms with Crippen molar-refractivity contribution >= 4 is 11.6 Å². The van der Waals surface area contributed by atoms with Crippen LogP contribution in [0, 0.1) is 11.7 Å². The second-order valence-corrected chi connectivity index (χ2v) is 5.22. The van der Waals surface area contributed by atoms with E-state index in [1.54, 1.807) is 6.07 Å². The van der Waals surface area contributed by atoms with Crippen LogP contribution in [0.15, 0.2) is 48.5 Å². The summed E-state index contributed by atoms with van der Waals surface area (Å²) >= 11 is 0. The van der Waals surface area contributed by atoms with Crippen molar-refractivity contribution in [2.45, 2.75) is 13.0 Å². The second kappa shape index (κ2) is 7.56. The number of nitrogens with two attached hydrogens (primary N) is 2. The average molecular weight is 301 g/mol. The molecule has 0 saturated heterocycles. The van der Waals surface area contributed by atoms with Crippen LogP contribution >= 0.6 is 0 Å². The highest BCUT2D eigenvalue weighted by Gasteiger charge is 2.13. The minimum atomic E-state index is -0.379. The number of benzene rings is 2. The molecule has 2 aromatic carbocycles. The van der Waals surface area contributed by atoms with Crippen LogP contribution in [0.2, 0.25) is 0 Å². The third-order valence-electron chi connectivity index (χ3n) is 3.51. The average Bonchev–Trinajstić information content (AvgIpc) is 2.51. The number of nitrogens with one attached hydrogen (secondary N) is 1. The molecule has 22 heavy (non-hydrogen) atoms. The molecule has 0 radical (unpaired) electrons. The van der Waals surface area contributed by atoms with Gasteiger partial charge in [-0.1, -0.05) is 24.3 Å². The van der Waals surface area contributed by atoms with Crippen LogP contribution in [0.1, 0.15) is 11.1 Å². The van der Waals surface area contributed by atoms with E-state index in [4.69, 9.17) is 11.5 Å². The molecule has 5 heteroatoms. The van der Waals surface area contributed by atoms with E-state index in [1.807, 2.05) is 30.3 Å². The van der Waals surface area contributed by atoms with Crippen LogP contribution in [-0.2, 0) is 17.8 Å². The molecular weight excluding hydrogens is 281 g/mol. The van der Waals surface area contributed by atoms with Crippen LogP contribution < -0.4 is 16.8 Å². The maximum atomic E-state index is 13.1. The molecule has 4 nitrogen and oxygen atoms in total. The lowest BCUT2D eigenvalue weighted by atomic mass is 9.99. The first-order chi connectivity index (χ1) is 10.6. The topological polar surface area (TPSA) is 81.1 Å². The largest absolute Gasteiger partial charge is 0.381 e. The predicted molar refractivity (Wildman–Crippen MR) is 85.6 cm³/mol. The highest BCUT2D eigenvalue weighted by atomic mass is 19.1. The summed E-state index contributed by atoms with van der Waals surface area (Å²) in [5.41, 5.74) is 13.6. The highest BCUT2D eigenvalue weighted by molar-refractivity contribution is 5.77. The normalized spacial score (nSPS) is 11.9. The molecule has 1 unspecified atom stereocenters. The van der Waals surface area contributed by atoms with Gasteiger partial charge in [0.15, 0.2) is 0 Å². The molecule has 0 saturated carbocycles. The summed E-state index contributed by atoms with van der Waals surface area (Å²) in [7, 11) is 0. The Kier molecular flexibility index (Phi) is 5.49. The molecule has 0 aliphatic carbocycles. The van der Waals surface area contributed by atoms with Crippen LogP contribution in [0.25, 0.3) is 0 Å². The van der Waals surface area contributed by atoms with Crippen molar-refractivity contribution in [2.75, 3.05) is 11.9 Å². The number of hydrogen-bond acceptors (Lipinski definition) is 3. The molecule has 0 aromatic heterocycles. The molecule has 2 aromatic rings. The molecule has 0 spiro atoms. The Bertz CT molecular complexity index is 628. The van der Waals surface area contributed by atoms with Crippen LogP contribution in [0.4, 0.5) is 10.1 Å². The zero-order valence-corrected chi connectivity index (χ0v) is 12.3.